The van der Waals surface area contributed by atoms with Gasteiger partial charge in [0.2, 0.25) is 5.91 Å². The van der Waals surface area contributed by atoms with Gasteiger partial charge in [0.05, 0.1) is 0 Å². The lowest BCUT2D eigenvalue weighted by Gasteiger charge is -2.35. The number of rotatable bonds is 3. The van der Waals surface area contributed by atoms with Crippen molar-refractivity contribution in [2.45, 2.75) is 91.7 Å². The second kappa shape index (κ2) is 8.18. The molecule has 5 heteroatoms. The van der Waals surface area contributed by atoms with E-state index in [1.165, 1.54) is 0 Å². The lowest BCUT2D eigenvalue weighted by Crippen LogP contribution is -2.43. The number of carbonyl (C=O) groups is 2. The number of likely N-dealkylation sites (tertiary alicyclic amines) is 2. The third-order valence-corrected chi connectivity index (χ3v) is 5.28. The highest BCUT2D eigenvalue weighted by molar-refractivity contribution is 5.77. The van der Waals surface area contributed by atoms with Gasteiger partial charge in [0.25, 0.3) is 0 Å². The van der Waals surface area contributed by atoms with Crippen molar-refractivity contribution >= 4 is 12.0 Å². The SMILES string of the molecule is CC(C)(C)CC1CCCN1C(=O)CC1CCN(C(=O)OC(C)(C)C)CC1. The minimum atomic E-state index is -0.457. The highest BCUT2D eigenvalue weighted by Gasteiger charge is 2.34. The normalized spacial score (nSPS) is 22.6. The third kappa shape index (κ3) is 6.48. The molecule has 0 radical (unpaired) electrons. The van der Waals surface area contributed by atoms with Gasteiger partial charge in [-0.3, -0.25) is 4.79 Å². The van der Waals surface area contributed by atoms with Crippen LogP contribution in [0.4, 0.5) is 4.79 Å². The number of hydrogen-bond donors (Lipinski definition) is 0. The van der Waals surface area contributed by atoms with Crippen molar-refractivity contribution in [2.75, 3.05) is 19.6 Å². The number of nitrogens with zero attached hydrogens (tertiary/aromatic N) is 2. The van der Waals surface area contributed by atoms with Gasteiger partial charge >= 0.3 is 6.09 Å². The van der Waals surface area contributed by atoms with Crippen LogP contribution in [0, 0.1) is 11.3 Å². The summed E-state index contributed by atoms with van der Waals surface area (Å²) in [6.45, 7) is 14.7. The molecule has 1 unspecified atom stereocenters. The first-order chi connectivity index (χ1) is 11.9. The van der Waals surface area contributed by atoms with Gasteiger partial charge in [-0.1, -0.05) is 20.8 Å². The van der Waals surface area contributed by atoms with Gasteiger partial charge in [-0.25, -0.2) is 4.79 Å². The Morgan fingerprint density at radius 3 is 2.12 bits per heavy atom. The summed E-state index contributed by atoms with van der Waals surface area (Å²) < 4.78 is 5.45. The molecule has 2 saturated heterocycles. The molecule has 2 aliphatic heterocycles. The predicted molar refractivity (Wildman–Crippen MR) is 104 cm³/mol. The maximum atomic E-state index is 12.8. The van der Waals surface area contributed by atoms with Crippen LogP contribution < -0.4 is 0 Å². The van der Waals surface area contributed by atoms with Crippen LogP contribution in [0.15, 0.2) is 0 Å². The van der Waals surface area contributed by atoms with Crippen LogP contribution in [-0.4, -0.2) is 53.1 Å². The molecule has 2 heterocycles. The molecule has 2 aliphatic rings. The van der Waals surface area contributed by atoms with E-state index in [0.717, 1.165) is 38.6 Å². The fourth-order valence-electron chi connectivity index (χ4n) is 4.09. The second-order valence-corrected chi connectivity index (χ2v) is 10.3. The van der Waals surface area contributed by atoms with Gasteiger partial charge in [-0.05, 0) is 64.2 Å². The Kier molecular flexibility index (Phi) is 6.62. The Morgan fingerprint density at radius 2 is 1.58 bits per heavy atom. The highest BCUT2D eigenvalue weighted by atomic mass is 16.6. The lowest BCUT2D eigenvalue weighted by molar-refractivity contribution is -0.133. The molecule has 0 aliphatic carbocycles. The molecule has 0 saturated carbocycles. The quantitative estimate of drug-likeness (QED) is 0.741. The minimum Gasteiger partial charge on any atom is -0.444 e. The molecule has 2 amide bonds. The summed E-state index contributed by atoms with van der Waals surface area (Å²) in [6, 6.07) is 0.407. The smallest absolute Gasteiger partial charge is 0.410 e. The Labute approximate surface area is 159 Å². The van der Waals surface area contributed by atoms with Crippen molar-refractivity contribution in [3.63, 3.8) is 0 Å². The van der Waals surface area contributed by atoms with Crippen LogP contribution in [0.25, 0.3) is 0 Å². The van der Waals surface area contributed by atoms with Crippen molar-refractivity contribution in [3.05, 3.63) is 0 Å². The monoisotopic (exact) mass is 366 g/mol. The molecular formula is C21H38N2O3. The highest BCUT2D eigenvalue weighted by Crippen LogP contribution is 2.31. The Hall–Kier alpha value is -1.26. The molecule has 0 aromatic heterocycles. The van der Waals surface area contributed by atoms with E-state index < -0.39 is 5.60 Å². The fourth-order valence-corrected chi connectivity index (χ4v) is 4.09. The number of piperidine rings is 1. The van der Waals surface area contributed by atoms with Gasteiger partial charge in [-0.2, -0.15) is 0 Å². The van der Waals surface area contributed by atoms with Crippen LogP contribution in [-0.2, 0) is 9.53 Å². The van der Waals surface area contributed by atoms with E-state index in [2.05, 4.69) is 25.7 Å². The largest absolute Gasteiger partial charge is 0.444 e. The topological polar surface area (TPSA) is 49.9 Å². The van der Waals surface area contributed by atoms with Crippen molar-refractivity contribution in [1.82, 2.24) is 9.80 Å². The minimum absolute atomic E-state index is 0.230. The van der Waals surface area contributed by atoms with Gasteiger partial charge in [0.15, 0.2) is 0 Å². The van der Waals surface area contributed by atoms with E-state index in [0.29, 0.717) is 37.4 Å². The molecule has 150 valence electrons. The maximum Gasteiger partial charge on any atom is 0.410 e. The average Bonchev–Trinajstić information content (AvgIpc) is 2.92. The predicted octanol–water partition coefficient (Wildman–Crippen LogP) is 4.45. The molecule has 5 nitrogen and oxygen atoms in total. The van der Waals surface area contributed by atoms with E-state index >= 15 is 0 Å². The molecule has 1 atom stereocenters. The Balaban J connectivity index is 1.80. The number of hydrogen-bond acceptors (Lipinski definition) is 3. The van der Waals surface area contributed by atoms with E-state index in [1.54, 1.807) is 4.90 Å². The van der Waals surface area contributed by atoms with Crippen LogP contribution in [0.2, 0.25) is 0 Å². The zero-order chi connectivity index (χ0) is 19.5. The summed E-state index contributed by atoms with van der Waals surface area (Å²) in [4.78, 5) is 28.9. The summed E-state index contributed by atoms with van der Waals surface area (Å²) in [5.74, 6) is 0.699. The van der Waals surface area contributed by atoms with Crippen molar-refractivity contribution in [2.24, 2.45) is 11.3 Å². The molecule has 0 spiro atoms. The molecule has 0 bridgehead atoms. The molecule has 0 aromatic rings. The zero-order valence-electron chi connectivity index (χ0n) is 17.6. The standard InChI is InChI=1S/C21H38N2O3/c1-20(2,3)15-17-8-7-11-23(17)18(24)14-16-9-12-22(13-10-16)19(25)26-21(4,5)6/h16-17H,7-15H2,1-6H3. The summed E-state index contributed by atoms with van der Waals surface area (Å²) in [6.07, 6.45) is 5.53. The number of amides is 2. The molecular weight excluding hydrogens is 328 g/mol. The Morgan fingerprint density at radius 1 is 0.962 bits per heavy atom. The second-order valence-electron chi connectivity index (χ2n) is 10.3. The zero-order valence-corrected chi connectivity index (χ0v) is 17.6. The van der Waals surface area contributed by atoms with Crippen LogP contribution in [0.3, 0.4) is 0 Å². The van der Waals surface area contributed by atoms with E-state index in [-0.39, 0.29) is 11.5 Å². The number of carbonyl (C=O) groups excluding carboxylic acids is 2. The van der Waals surface area contributed by atoms with Crippen LogP contribution in [0.5, 0.6) is 0 Å². The summed E-state index contributed by atoms with van der Waals surface area (Å²) in [5.41, 5.74) is -0.200. The van der Waals surface area contributed by atoms with Crippen molar-refractivity contribution < 1.29 is 14.3 Å². The van der Waals surface area contributed by atoms with E-state index in [9.17, 15) is 9.59 Å². The first-order valence-corrected chi connectivity index (χ1v) is 10.2. The van der Waals surface area contributed by atoms with Crippen molar-refractivity contribution in [3.8, 4) is 0 Å². The summed E-state index contributed by atoms with van der Waals surface area (Å²) >= 11 is 0. The molecule has 0 N–H and O–H groups in total. The van der Waals surface area contributed by atoms with Crippen molar-refractivity contribution in [1.29, 1.82) is 0 Å². The molecule has 26 heavy (non-hydrogen) atoms. The maximum absolute atomic E-state index is 12.8. The summed E-state index contributed by atoms with van der Waals surface area (Å²) in [5, 5.41) is 0. The van der Waals surface area contributed by atoms with Crippen LogP contribution in [0.1, 0.15) is 80.1 Å². The first kappa shape index (κ1) is 21.0. The molecule has 0 aromatic carbocycles. The van der Waals surface area contributed by atoms with E-state index in [4.69, 9.17) is 4.74 Å². The number of ether oxygens (including phenoxy) is 1. The first-order valence-electron chi connectivity index (χ1n) is 10.2. The molecule has 2 fully saturated rings. The Bertz CT molecular complexity index is 496. The van der Waals surface area contributed by atoms with Gasteiger partial charge in [0, 0.05) is 32.1 Å². The third-order valence-electron chi connectivity index (χ3n) is 5.28. The van der Waals surface area contributed by atoms with Gasteiger partial charge < -0.3 is 14.5 Å². The lowest BCUT2D eigenvalue weighted by atomic mass is 9.87. The van der Waals surface area contributed by atoms with E-state index in [1.807, 2.05) is 20.8 Å². The van der Waals surface area contributed by atoms with Gasteiger partial charge in [-0.15, -0.1) is 0 Å². The van der Waals surface area contributed by atoms with Gasteiger partial charge in [0.1, 0.15) is 5.60 Å². The summed E-state index contributed by atoms with van der Waals surface area (Å²) in [7, 11) is 0. The fraction of sp³-hybridized carbons (Fsp3) is 0.905. The molecule has 2 rings (SSSR count). The van der Waals surface area contributed by atoms with Crippen LogP contribution >= 0.6 is 0 Å². The average molecular weight is 367 g/mol.